The summed E-state index contributed by atoms with van der Waals surface area (Å²) in [5.41, 5.74) is -0.717. The van der Waals surface area contributed by atoms with Gasteiger partial charge in [-0.3, -0.25) is 4.79 Å². The third-order valence-electron chi connectivity index (χ3n) is 9.40. The molecule has 4 saturated carbocycles. The van der Waals surface area contributed by atoms with E-state index in [1.54, 1.807) is 12.4 Å². The van der Waals surface area contributed by atoms with Gasteiger partial charge in [0.2, 0.25) is 0 Å². The van der Waals surface area contributed by atoms with Crippen LogP contribution < -0.4 is 0 Å². The van der Waals surface area contributed by atoms with E-state index < -0.39 is 11.8 Å². The molecule has 1 aromatic heterocycles. The van der Waals surface area contributed by atoms with E-state index in [1.807, 2.05) is 6.92 Å². The summed E-state index contributed by atoms with van der Waals surface area (Å²) in [6.07, 6.45) is 9.55. The molecule has 0 aromatic carbocycles. The predicted octanol–water partition coefficient (Wildman–Crippen LogP) is 3.82. The molecule has 160 valence electrons. The van der Waals surface area contributed by atoms with E-state index >= 15 is 4.39 Å². The number of rotatable bonds is 3. The van der Waals surface area contributed by atoms with Gasteiger partial charge in [-0.25, -0.2) is 4.39 Å². The average Bonchev–Trinajstić information content (AvgIpc) is 3.28. The molecule has 9 atom stereocenters. The number of alkyl halides is 1. The first-order chi connectivity index (χ1) is 13.8. The minimum absolute atomic E-state index is 0.0158. The molecule has 0 saturated heterocycles. The molecule has 0 amide bonds. The van der Waals surface area contributed by atoms with E-state index in [4.69, 9.17) is 0 Å². The van der Waals surface area contributed by atoms with Crippen molar-refractivity contribution in [2.45, 2.75) is 83.5 Å². The van der Waals surface area contributed by atoms with Crippen molar-refractivity contribution in [1.82, 2.24) is 15.0 Å². The quantitative estimate of drug-likeness (QED) is 0.833. The summed E-state index contributed by atoms with van der Waals surface area (Å²) >= 11 is 0. The van der Waals surface area contributed by atoms with Crippen molar-refractivity contribution >= 4 is 5.78 Å². The Bertz CT molecular complexity index is 766. The van der Waals surface area contributed by atoms with Gasteiger partial charge in [-0.05, 0) is 93.3 Å². The van der Waals surface area contributed by atoms with Crippen LogP contribution in [0.4, 0.5) is 4.39 Å². The Hall–Kier alpha value is -1.30. The monoisotopic (exact) mass is 403 g/mol. The number of aromatic nitrogens is 3. The highest BCUT2D eigenvalue weighted by Gasteiger charge is 2.60. The third-order valence-corrected chi connectivity index (χ3v) is 9.40. The van der Waals surface area contributed by atoms with E-state index in [-0.39, 0.29) is 29.6 Å². The summed E-state index contributed by atoms with van der Waals surface area (Å²) in [5, 5.41) is 18.7. The van der Waals surface area contributed by atoms with Gasteiger partial charge in [0.25, 0.3) is 0 Å². The summed E-state index contributed by atoms with van der Waals surface area (Å²) in [7, 11) is 0. The molecule has 4 fully saturated rings. The smallest absolute Gasteiger partial charge is 0.159 e. The van der Waals surface area contributed by atoms with Crippen LogP contribution in [-0.4, -0.2) is 37.7 Å². The molecule has 0 bridgehead atoms. The topological polar surface area (TPSA) is 68.0 Å². The molecular weight excluding hydrogens is 369 g/mol. The fourth-order valence-electron chi connectivity index (χ4n) is 8.11. The number of hydrogen-bond acceptors (Lipinski definition) is 4. The Labute approximate surface area is 172 Å². The van der Waals surface area contributed by atoms with Crippen LogP contribution in [-0.2, 0) is 11.3 Å². The van der Waals surface area contributed by atoms with E-state index in [1.165, 1.54) is 4.80 Å². The largest absolute Gasteiger partial charge is 0.390 e. The molecule has 1 N–H and O–H groups in total. The number of halogens is 1. The molecule has 1 heterocycles. The standard InChI is InChI=1S/C23H34FN3O2/c1-22(29)7-5-15-14-6-8-23(2)18(16(14)11-20(24)17(15)12-22)3-4-19(23)21(28)13-27-25-9-10-26-27/h9-10,14-20,29H,3-8,11-13H2,1-2H3/t14-,15-,16-,17-,18+,19-,20-,22-,23+/m1/s1. The van der Waals surface area contributed by atoms with Crippen LogP contribution in [0.1, 0.15) is 65.2 Å². The van der Waals surface area contributed by atoms with Crippen molar-refractivity contribution in [2.75, 3.05) is 0 Å². The predicted molar refractivity (Wildman–Crippen MR) is 107 cm³/mol. The van der Waals surface area contributed by atoms with Gasteiger partial charge >= 0.3 is 0 Å². The summed E-state index contributed by atoms with van der Waals surface area (Å²) in [6, 6.07) is 0. The normalized spacial score (nSPS) is 49.2. The third kappa shape index (κ3) is 3.17. The van der Waals surface area contributed by atoms with Crippen molar-refractivity contribution in [1.29, 1.82) is 0 Å². The van der Waals surface area contributed by atoms with Crippen LogP contribution in [0.2, 0.25) is 0 Å². The maximum absolute atomic E-state index is 15.3. The van der Waals surface area contributed by atoms with E-state index in [9.17, 15) is 9.90 Å². The number of carbonyl (C=O) groups excluding carboxylic acids is 1. The van der Waals surface area contributed by atoms with Crippen molar-refractivity contribution in [3.63, 3.8) is 0 Å². The molecule has 4 aliphatic carbocycles. The lowest BCUT2D eigenvalue weighted by Crippen LogP contribution is -2.54. The number of aliphatic hydroxyl groups is 1. The molecular formula is C23H34FN3O2. The number of hydrogen-bond donors (Lipinski definition) is 1. The van der Waals surface area contributed by atoms with Crippen LogP contribution in [0.25, 0.3) is 0 Å². The van der Waals surface area contributed by atoms with Crippen LogP contribution in [0, 0.1) is 40.9 Å². The van der Waals surface area contributed by atoms with Crippen LogP contribution >= 0.6 is 0 Å². The second-order valence-electron chi connectivity index (χ2n) is 11.0. The minimum Gasteiger partial charge on any atom is -0.390 e. The molecule has 0 radical (unpaired) electrons. The molecule has 0 aliphatic heterocycles. The van der Waals surface area contributed by atoms with Gasteiger partial charge in [-0.2, -0.15) is 15.0 Å². The first-order valence-electron chi connectivity index (χ1n) is 11.5. The second-order valence-corrected chi connectivity index (χ2v) is 11.0. The van der Waals surface area contributed by atoms with E-state index in [0.717, 1.165) is 38.5 Å². The zero-order chi connectivity index (χ0) is 20.4. The Morgan fingerprint density at radius 2 is 1.76 bits per heavy atom. The average molecular weight is 404 g/mol. The fourth-order valence-corrected chi connectivity index (χ4v) is 8.11. The van der Waals surface area contributed by atoms with Crippen LogP contribution in [0.3, 0.4) is 0 Å². The molecule has 5 nitrogen and oxygen atoms in total. The second kappa shape index (κ2) is 6.86. The fraction of sp³-hybridized carbons (Fsp3) is 0.870. The molecule has 29 heavy (non-hydrogen) atoms. The zero-order valence-corrected chi connectivity index (χ0v) is 17.6. The summed E-state index contributed by atoms with van der Waals surface area (Å²) in [5.74, 6) is 2.13. The van der Waals surface area contributed by atoms with Gasteiger partial charge in [0.05, 0.1) is 18.0 Å². The number of nitrogens with zero attached hydrogens (tertiary/aromatic N) is 3. The first kappa shape index (κ1) is 19.7. The molecule has 5 rings (SSSR count). The maximum Gasteiger partial charge on any atom is 0.159 e. The molecule has 0 spiro atoms. The highest BCUT2D eigenvalue weighted by molar-refractivity contribution is 5.81. The lowest BCUT2D eigenvalue weighted by Gasteiger charge is -2.57. The van der Waals surface area contributed by atoms with Gasteiger partial charge in [0, 0.05) is 5.92 Å². The Balaban J connectivity index is 1.35. The van der Waals surface area contributed by atoms with Crippen molar-refractivity contribution in [3.8, 4) is 0 Å². The first-order valence-corrected chi connectivity index (χ1v) is 11.5. The zero-order valence-electron chi connectivity index (χ0n) is 17.6. The SMILES string of the molecule is C[C@@]1(O)CC[C@@H]2[C@H]3CC[C@]4(C)[C@@H](C(=O)Cn5nccn5)CC[C@H]4[C@@H]3C[C@@H](F)[C@@H]2C1. The van der Waals surface area contributed by atoms with Crippen molar-refractivity contribution < 1.29 is 14.3 Å². The number of fused-ring (bicyclic) bond motifs is 5. The van der Waals surface area contributed by atoms with Gasteiger partial charge in [0.1, 0.15) is 12.7 Å². The summed E-state index contributed by atoms with van der Waals surface area (Å²) in [6.45, 7) is 4.42. The van der Waals surface area contributed by atoms with E-state index in [2.05, 4.69) is 17.1 Å². The summed E-state index contributed by atoms with van der Waals surface area (Å²) in [4.78, 5) is 14.6. The highest BCUT2D eigenvalue weighted by atomic mass is 19.1. The summed E-state index contributed by atoms with van der Waals surface area (Å²) < 4.78 is 15.3. The lowest BCUT2D eigenvalue weighted by atomic mass is 9.48. The minimum atomic E-state index is -0.807. The van der Waals surface area contributed by atoms with Gasteiger partial charge in [-0.1, -0.05) is 6.92 Å². The Morgan fingerprint density at radius 3 is 2.52 bits per heavy atom. The maximum atomic E-state index is 15.3. The number of carbonyl (C=O) groups is 1. The molecule has 6 heteroatoms. The number of ketones is 1. The Kier molecular flexibility index (Phi) is 4.65. The number of Topliss-reactive ketones (excluding diaryl/α,β-unsaturated/α-hetero) is 1. The highest BCUT2D eigenvalue weighted by Crippen LogP contribution is 2.65. The van der Waals surface area contributed by atoms with E-state index in [0.29, 0.717) is 36.5 Å². The van der Waals surface area contributed by atoms with Gasteiger partial charge in [0.15, 0.2) is 5.78 Å². The van der Waals surface area contributed by atoms with Crippen LogP contribution in [0.5, 0.6) is 0 Å². The lowest BCUT2D eigenvalue weighted by molar-refractivity contribution is -0.139. The molecule has 4 aliphatic rings. The van der Waals surface area contributed by atoms with Crippen molar-refractivity contribution in [2.24, 2.45) is 40.9 Å². The van der Waals surface area contributed by atoms with Crippen LogP contribution in [0.15, 0.2) is 12.4 Å². The van der Waals surface area contributed by atoms with Gasteiger partial charge in [-0.15, -0.1) is 0 Å². The van der Waals surface area contributed by atoms with Crippen molar-refractivity contribution in [3.05, 3.63) is 12.4 Å². The molecule has 1 aromatic rings. The van der Waals surface area contributed by atoms with Gasteiger partial charge < -0.3 is 5.11 Å². The Morgan fingerprint density at radius 1 is 1.07 bits per heavy atom. The molecule has 0 unspecified atom stereocenters.